The van der Waals surface area contributed by atoms with Crippen molar-refractivity contribution in [1.82, 2.24) is 0 Å². The van der Waals surface area contributed by atoms with Gasteiger partial charge in [0.25, 0.3) is 0 Å². The Labute approximate surface area is 140 Å². The number of ether oxygens (including phenoxy) is 1. The molecule has 0 aliphatic carbocycles. The Morgan fingerprint density at radius 2 is 1.33 bits per heavy atom. The molecule has 0 N–H and O–H groups in total. The van der Waals surface area contributed by atoms with Crippen LogP contribution in [0.3, 0.4) is 0 Å². The van der Waals surface area contributed by atoms with Crippen LogP contribution in [0.2, 0.25) is 0 Å². The summed E-state index contributed by atoms with van der Waals surface area (Å²) in [6, 6.07) is 21.1. The quantitative estimate of drug-likeness (QED) is 0.670. The number of para-hydroxylation sites is 1. The number of halogens is 1. The Kier molecular flexibility index (Phi) is 4.62. The van der Waals surface area contributed by atoms with Crippen molar-refractivity contribution in [2.75, 3.05) is 0 Å². The Morgan fingerprint density at radius 3 is 2.00 bits per heavy atom. The fraction of sp³-hybridized carbons (Fsp3) is 0.0526. The van der Waals surface area contributed by atoms with Gasteiger partial charge in [0.05, 0.1) is 9.79 Å². The number of rotatable bonds is 5. The van der Waals surface area contributed by atoms with Crippen molar-refractivity contribution in [3.8, 4) is 11.5 Å². The molecule has 0 saturated carbocycles. The number of hydrogen-bond acceptors (Lipinski definition) is 3. The second kappa shape index (κ2) is 6.84. The molecule has 0 amide bonds. The van der Waals surface area contributed by atoms with Gasteiger partial charge in [-0.15, -0.1) is 0 Å². The van der Waals surface area contributed by atoms with Gasteiger partial charge in [-0.05, 0) is 42.5 Å². The first-order chi connectivity index (χ1) is 11.6. The fourth-order valence-electron chi connectivity index (χ4n) is 2.26. The van der Waals surface area contributed by atoms with Crippen molar-refractivity contribution >= 4 is 9.84 Å². The second-order valence-corrected chi connectivity index (χ2v) is 7.08. The molecule has 122 valence electrons. The van der Waals surface area contributed by atoms with Crippen LogP contribution in [-0.4, -0.2) is 8.42 Å². The van der Waals surface area contributed by atoms with Crippen LogP contribution in [0.1, 0.15) is 5.56 Å². The maximum Gasteiger partial charge on any atom is 0.206 e. The van der Waals surface area contributed by atoms with Crippen molar-refractivity contribution in [1.29, 1.82) is 0 Å². The second-order valence-electron chi connectivity index (χ2n) is 5.13. The zero-order valence-electron chi connectivity index (χ0n) is 12.7. The first-order valence-electron chi connectivity index (χ1n) is 7.33. The molecule has 3 rings (SSSR count). The molecule has 0 bridgehead atoms. The van der Waals surface area contributed by atoms with E-state index in [1.165, 1.54) is 12.1 Å². The SMILES string of the molecule is O=S(=O)(c1ccccc1)c1ccc(Oc2ccccc2CF)cc1. The van der Waals surface area contributed by atoms with Gasteiger partial charge in [-0.25, -0.2) is 12.8 Å². The van der Waals surface area contributed by atoms with Crippen LogP contribution in [0.25, 0.3) is 0 Å². The highest BCUT2D eigenvalue weighted by Crippen LogP contribution is 2.28. The third-order valence-electron chi connectivity index (χ3n) is 3.53. The molecule has 0 spiro atoms. The van der Waals surface area contributed by atoms with E-state index in [-0.39, 0.29) is 9.79 Å². The van der Waals surface area contributed by atoms with E-state index >= 15 is 0 Å². The highest BCUT2D eigenvalue weighted by molar-refractivity contribution is 7.91. The predicted octanol–water partition coefficient (Wildman–Crippen LogP) is 4.78. The summed E-state index contributed by atoms with van der Waals surface area (Å²) in [6.07, 6.45) is 0. The summed E-state index contributed by atoms with van der Waals surface area (Å²) in [4.78, 5) is 0.418. The lowest BCUT2D eigenvalue weighted by Gasteiger charge is -2.10. The largest absolute Gasteiger partial charge is 0.457 e. The van der Waals surface area contributed by atoms with Gasteiger partial charge in [-0.3, -0.25) is 0 Å². The Hall–Kier alpha value is -2.66. The van der Waals surface area contributed by atoms with Gasteiger partial charge >= 0.3 is 0 Å². The molecule has 0 radical (unpaired) electrons. The van der Waals surface area contributed by atoms with Gasteiger partial charge < -0.3 is 4.74 Å². The van der Waals surface area contributed by atoms with Gasteiger partial charge in [-0.1, -0.05) is 36.4 Å². The third-order valence-corrected chi connectivity index (χ3v) is 5.32. The first kappa shape index (κ1) is 16.2. The molecule has 5 heteroatoms. The fourth-order valence-corrected chi connectivity index (χ4v) is 3.55. The van der Waals surface area contributed by atoms with Crippen LogP contribution in [0.5, 0.6) is 11.5 Å². The van der Waals surface area contributed by atoms with Crippen molar-refractivity contribution < 1.29 is 17.5 Å². The van der Waals surface area contributed by atoms with Gasteiger partial charge in [0.15, 0.2) is 0 Å². The lowest BCUT2D eigenvalue weighted by Crippen LogP contribution is -2.01. The lowest BCUT2D eigenvalue weighted by atomic mass is 10.2. The minimum absolute atomic E-state index is 0.180. The summed E-state index contributed by atoms with van der Waals surface area (Å²) in [7, 11) is -3.56. The average Bonchev–Trinajstić information content (AvgIpc) is 2.63. The van der Waals surface area contributed by atoms with Gasteiger partial charge in [0, 0.05) is 5.56 Å². The first-order valence-corrected chi connectivity index (χ1v) is 8.81. The van der Waals surface area contributed by atoms with Gasteiger partial charge in [-0.2, -0.15) is 0 Å². The zero-order chi connectivity index (χ0) is 17.0. The molecular weight excluding hydrogens is 327 g/mol. The molecule has 0 fully saturated rings. The molecule has 3 nitrogen and oxygen atoms in total. The summed E-state index contributed by atoms with van der Waals surface area (Å²) >= 11 is 0. The lowest BCUT2D eigenvalue weighted by molar-refractivity contribution is 0.439. The maximum absolute atomic E-state index is 12.9. The number of sulfone groups is 1. The standard InChI is InChI=1S/C19H15FO3S/c20-14-15-6-4-5-9-19(15)23-16-10-12-18(13-11-16)24(21,22)17-7-2-1-3-8-17/h1-13H,14H2. The van der Waals surface area contributed by atoms with E-state index in [9.17, 15) is 12.8 Å². The van der Waals surface area contributed by atoms with Gasteiger partial charge in [0.2, 0.25) is 9.84 Å². The van der Waals surface area contributed by atoms with Crippen LogP contribution >= 0.6 is 0 Å². The minimum Gasteiger partial charge on any atom is -0.457 e. The van der Waals surface area contributed by atoms with Crippen LogP contribution in [0, 0.1) is 0 Å². The van der Waals surface area contributed by atoms with E-state index in [0.717, 1.165) is 0 Å². The molecule has 0 aliphatic rings. The van der Waals surface area contributed by atoms with Crippen LogP contribution in [0.15, 0.2) is 88.7 Å². The molecule has 3 aromatic rings. The van der Waals surface area contributed by atoms with Crippen LogP contribution in [0.4, 0.5) is 4.39 Å². The van der Waals surface area contributed by atoms with Crippen LogP contribution < -0.4 is 4.74 Å². The van der Waals surface area contributed by atoms with E-state index < -0.39 is 16.5 Å². The average molecular weight is 342 g/mol. The molecule has 0 atom stereocenters. The minimum atomic E-state index is -3.56. The molecule has 0 unspecified atom stereocenters. The smallest absolute Gasteiger partial charge is 0.206 e. The topological polar surface area (TPSA) is 43.4 Å². The molecule has 0 aliphatic heterocycles. The monoisotopic (exact) mass is 342 g/mol. The Balaban J connectivity index is 1.86. The molecule has 3 aromatic carbocycles. The highest BCUT2D eigenvalue weighted by Gasteiger charge is 2.17. The van der Waals surface area contributed by atoms with Crippen LogP contribution in [-0.2, 0) is 16.5 Å². The van der Waals surface area contributed by atoms with E-state index in [1.54, 1.807) is 66.7 Å². The zero-order valence-corrected chi connectivity index (χ0v) is 13.5. The highest BCUT2D eigenvalue weighted by atomic mass is 32.2. The summed E-state index contributed by atoms with van der Waals surface area (Å²) < 4.78 is 43.6. The van der Waals surface area contributed by atoms with E-state index in [0.29, 0.717) is 17.1 Å². The summed E-state index contributed by atoms with van der Waals surface area (Å²) in [5.74, 6) is 0.863. The molecular formula is C19H15FO3S. The Morgan fingerprint density at radius 1 is 0.750 bits per heavy atom. The van der Waals surface area contributed by atoms with Crippen molar-refractivity contribution in [3.05, 3.63) is 84.4 Å². The molecule has 0 aromatic heterocycles. The summed E-state index contributed by atoms with van der Waals surface area (Å²) in [6.45, 7) is -0.628. The number of alkyl halides is 1. The number of benzene rings is 3. The van der Waals surface area contributed by atoms with Crippen molar-refractivity contribution in [2.45, 2.75) is 16.5 Å². The normalized spacial score (nSPS) is 11.2. The molecule has 0 saturated heterocycles. The third kappa shape index (κ3) is 3.31. The van der Waals surface area contributed by atoms with E-state index in [2.05, 4.69) is 0 Å². The summed E-state index contributed by atoms with van der Waals surface area (Å²) in [5.41, 5.74) is 0.443. The predicted molar refractivity (Wildman–Crippen MR) is 89.7 cm³/mol. The van der Waals surface area contributed by atoms with E-state index in [1.807, 2.05) is 0 Å². The number of hydrogen-bond donors (Lipinski definition) is 0. The van der Waals surface area contributed by atoms with Crippen molar-refractivity contribution in [3.63, 3.8) is 0 Å². The Bertz CT molecular complexity index is 920. The molecule has 24 heavy (non-hydrogen) atoms. The molecule has 0 heterocycles. The maximum atomic E-state index is 12.9. The van der Waals surface area contributed by atoms with Crippen molar-refractivity contribution in [2.24, 2.45) is 0 Å². The summed E-state index contributed by atoms with van der Waals surface area (Å²) in [5, 5.41) is 0. The van der Waals surface area contributed by atoms with E-state index in [4.69, 9.17) is 4.74 Å². The van der Waals surface area contributed by atoms with Gasteiger partial charge in [0.1, 0.15) is 18.2 Å².